The van der Waals surface area contributed by atoms with Gasteiger partial charge in [0.25, 0.3) is 11.8 Å². The highest BCUT2D eigenvalue weighted by atomic mass is 16.5. The van der Waals surface area contributed by atoms with Crippen molar-refractivity contribution in [1.82, 2.24) is 15.5 Å². The summed E-state index contributed by atoms with van der Waals surface area (Å²) >= 11 is 0. The maximum absolute atomic E-state index is 12.6. The SMILES string of the molecule is C[C@@H](OC(=O)CCCN1C(=O)NC2(CCCC2)C1=O)C(=O)NC1CCCCCC1. The van der Waals surface area contributed by atoms with Crippen molar-refractivity contribution in [3.63, 3.8) is 0 Å². The highest BCUT2D eigenvalue weighted by Gasteiger charge is 2.52. The molecule has 1 saturated heterocycles. The molecule has 0 aromatic heterocycles. The van der Waals surface area contributed by atoms with Crippen molar-refractivity contribution in [3.8, 4) is 0 Å². The van der Waals surface area contributed by atoms with Crippen molar-refractivity contribution in [2.24, 2.45) is 0 Å². The van der Waals surface area contributed by atoms with E-state index in [0.717, 1.165) is 38.5 Å². The number of urea groups is 1. The first-order valence-electron chi connectivity index (χ1n) is 11.1. The molecule has 8 nitrogen and oxygen atoms in total. The zero-order valence-corrected chi connectivity index (χ0v) is 17.3. The first-order chi connectivity index (χ1) is 13.9. The van der Waals surface area contributed by atoms with Crippen LogP contribution in [-0.2, 0) is 19.1 Å². The molecular formula is C21H33N3O5. The standard InChI is InChI=1S/C21H33N3O5/c1-15(18(26)22-16-9-4-2-3-5-10-16)29-17(25)11-8-14-24-19(27)21(23-20(24)28)12-6-7-13-21/h15-16H,2-14H2,1H3,(H,22,26)(H,23,28)/t15-/m1/s1. The Hall–Kier alpha value is -2.12. The Labute approximate surface area is 172 Å². The average Bonchev–Trinajstić information content (AvgIpc) is 3.12. The molecule has 3 rings (SSSR count). The van der Waals surface area contributed by atoms with Gasteiger partial charge < -0.3 is 15.4 Å². The minimum Gasteiger partial charge on any atom is -0.453 e. The smallest absolute Gasteiger partial charge is 0.325 e. The van der Waals surface area contributed by atoms with Gasteiger partial charge >= 0.3 is 12.0 Å². The number of carbonyl (C=O) groups is 4. The highest BCUT2D eigenvalue weighted by Crippen LogP contribution is 2.35. The predicted octanol–water partition coefficient (Wildman–Crippen LogP) is 2.40. The molecular weight excluding hydrogens is 374 g/mol. The molecule has 3 aliphatic rings. The second-order valence-corrected chi connectivity index (χ2v) is 8.61. The molecule has 0 unspecified atom stereocenters. The van der Waals surface area contributed by atoms with Gasteiger partial charge in [-0.2, -0.15) is 0 Å². The van der Waals surface area contributed by atoms with Crippen molar-refractivity contribution in [2.75, 3.05) is 6.54 Å². The molecule has 0 aromatic rings. The van der Waals surface area contributed by atoms with Crippen molar-refractivity contribution in [1.29, 1.82) is 0 Å². The molecule has 29 heavy (non-hydrogen) atoms. The molecule has 0 radical (unpaired) electrons. The molecule has 2 N–H and O–H groups in total. The zero-order valence-electron chi connectivity index (χ0n) is 17.3. The third-order valence-corrected chi connectivity index (χ3v) is 6.34. The second-order valence-electron chi connectivity index (χ2n) is 8.61. The second kappa shape index (κ2) is 9.59. The van der Waals surface area contributed by atoms with E-state index in [2.05, 4.69) is 10.6 Å². The fraction of sp³-hybridized carbons (Fsp3) is 0.810. The number of carbonyl (C=O) groups excluding carboxylic acids is 4. The quantitative estimate of drug-likeness (QED) is 0.383. The Morgan fingerprint density at radius 3 is 2.45 bits per heavy atom. The number of hydrogen-bond acceptors (Lipinski definition) is 5. The van der Waals surface area contributed by atoms with Crippen LogP contribution in [0.25, 0.3) is 0 Å². The molecule has 8 heteroatoms. The minimum absolute atomic E-state index is 0.0606. The minimum atomic E-state index is -0.843. The number of nitrogens with zero attached hydrogens (tertiary/aromatic N) is 1. The van der Waals surface area contributed by atoms with E-state index in [1.54, 1.807) is 6.92 Å². The van der Waals surface area contributed by atoms with Gasteiger partial charge in [-0.1, -0.05) is 38.5 Å². The molecule has 0 bridgehead atoms. The summed E-state index contributed by atoms with van der Waals surface area (Å²) in [6.45, 7) is 1.76. The number of nitrogens with one attached hydrogen (secondary N) is 2. The molecule has 2 aliphatic carbocycles. The summed E-state index contributed by atoms with van der Waals surface area (Å²) in [7, 11) is 0. The predicted molar refractivity (Wildman–Crippen MR) is 106 cm³/mol. The fourth-order valence-electron chi connectivity index (χ4n) is 4.63. The Balaban J connectivity index is 1.37. The summed E-state index contributed by atoms with van der Waals surface area (Å²) in [6, 6.07) is -0.213. The Morgan fingerprint density at radius 2 is 1.79 bits per heavy atom. The lowest BCUT2D eigenvalue weighted by atomic mass is 9.98. The third-order valence-electron chi connectivity index (χ3n) is 6.34. The molecule has 1 heterocycles. The molecule has 0 aromatic carbocycles. The van der Waals surface area contributed by atoms with Gasteiger partial charge in [0.2, 0.25) is 0 Å². The number of imide groups is 1. The van der Waals surface area contributed by atoms with E-state index in [9.17, 15) is 19.2 Å². The monoisotopic (exact) mass is 407 g/mol. The van der Waals surface area contributed by atoms with E-state index >= 15 is 0 Å². The summed E-state index contributed by atoms with van der Waals surface area (Å²) in [5, 5.41) is 5.81. The number of rotatable bonds is 7. The molecule has 2 saturated carbocycles. The van der Waals surface area contributed by atoms with E-state index < -0.39 is 17.6 Å². The fourth-order valence-corrected chi connectivity index (χ4v) is 4.63. The van der Waals surface area contributed by atoms with Gasteiger partial charge in [-0.15, -0.1) is 0 Å². The van der Waals surface area contributed by atoms with Gasteiger partial charge in [0.15, 0.2) is 6.10 Å². The molecule has 1 spiro atoms. The van der Waals surface area contributed by atoms with Crippen molar-refractivity contribution >= 4 is 23.8 Å². The lowest BCUT2D eigenvalue weighted by Gasteiger charge is -2.20. The van der Waals surface area contributed by atoms with Crippen LogP contribution in [-0.4, -0.2) is 52.9 Å². The van der Waals surface area contributed by atoms with Crippen molar-refractivity contribution in [2.45, 2.75) is 102 Å². The Bertz CT molecular complexity index is 636. The van der Waals surface area contributed by atoms with Crippen LogP contribution in [0, 0.1) is 0 Å². The number of esters is 1. The summed E-state index contributed by atoms with van der Waals surface area (Å²) in [5.74, 6) is -0.928. The maximum Gasteiger partial charge on any atom is 0.325 e. The first-order valence-corrected chi connectivity index (χ1v) is 11.1. The molecule has 1 atom stereocenters. The summed E-state index contributed by atoms with van der Waals surface area (Å²) < 4.78 is 5.24. The number of ether oxygens (including phenoxy) is 1. The lowest BCUT2D eigenvalue weighted by molar-refractivity contribution is -0.155. The lowest BCUT2D eigenvalue weighted by Crippen LogP contribution is -2.44. The number of hydrogen-bond donors (Lipinski definition) is 2. The Morgan fingerprint density at radius 1 is 1.14 bits per heavy atom. The van der Waals surface area contributed by atoms with Crippen LogP contribution in [0.15, 0.2) is 0 Å². The number of amides is 4. The third kappa shape index (κ3) is 5.28. The summed E-state index contributed by atoms with van der Waals surface area (Å²) in [6.07, 6.45) is 9.37. The zero-order chi connectivity index (χ0) is 20.9. The molecule has 162 valence electrons. The summed E-state index contributed by atoms with van der Waals surface area (Å²) in [4.78, 5) is 50.3. The van der Waals surface area contributed by atoms with E-state index in [4.69, 9.17) is 4.74 Å². The van der Waals surface area contributed by atoms with Gasteiger partial charge in [-0.3, -0.25) is 19.3 Å². The van der Waals surface area contributed by atoms with E-state index in [1.807, 2.05) is 0 Å². The van der Waals surface area contributed by atoms with Crippen molar-refractivity contribution in [3.05, 3.63) is 0 Å². The normalized spacial score (nSPS) is 23.0. The summed E-state index contributed by atoms with van der Waals surface area (Å²) in [5.41, 5.74) is -0.720. The van der Waals surface area contributed by atoms with Crippen LogP contribution in [0.2, 0.25) is 0 Å². The average molecular weight is 408 g/mol. The molecule has 4 amide bonds. The largest absolute Gasteiger partial charge is 0.453 e. The molecule has 3 fully saturated rings. The Kier molecular flexibility index (Phi) is 7.14. The first kappa shape index (κ1) is 21.6. The van der Waals surface area contributed by atoms with E-state index in [-0.39, 0.29) is 36.9 Å². The van der Waals surface area contributed by atoms with E-state index in [0.29, 0.717) is 19.3 Å². The highest BCUT2D eigenvalue weighted by molar-refractivity contribution is 6.07. The maximum atomic E-state index is 12.6. The van der Waals surface area contributed by atoms with Gasteiger partial charge in [0.05, 0.1) is 0 Å². The van der Waals surface area contributed by atoms with Crippen LogP contribution in [0.4, 0.5) is 4.79 Å². The van der Waals surface area contributed by atoms with Crippen LogP contribution in [0.5, 0.6) is 0 Å². The van der Waals surface area contributed by atoms with Crippen LogP contribution in [0.3, 0.4) is 0 Å². The van der Waals surface area contributed by atoms with Crippen LogP contribution in [0.1, 0.15) is 84.0 Å². The van der Waals surface area contributed by atoms with Gasteiger partial charge in [0, 0.05) is 19.0 Å². The molecule has 1 aliphatic heterocycles. The van der Waals surface area contributed by atoms with Gasteiger partial charge in [-0.05, 0) is 39.0 Å². The van der Waals surface area contributed by atoms with Crippen LogP contribution >= 0.6 is 0 Å². The van der Waals surface area contributed by atoms with Gasteiger partial charge in [0.1, 0.15) is 5.54 Å². The van der Waals surface area contributed by atoms with Crippen LogP contribution < -0.4 is 10.6 Å². The van der Waals surface area contributed by atoms with Crippen molar-refractivity contribution < 1.29 is 23.9 Å². The van der Waals surface area contributed by atoms with E-state index in [1.165, 1.54) is 17.7 Å². The van der Waals surface area contributed by atoms with Gasteiger partial charge in [-0.25, -0.2) is 4.79 Å². The topological polar surface area (TPSA) is 105 Å².